The van der Waals surface area contributed by atoms with E-state index < -0.39 is 0 Å². The van der Waals surface area contributed by atoms with Gasteiger partial charge >= 0.3 is 0 Å². The van der Waals surface area contributed by atoms with E-state index in [4.69, 9.17) is 0 Å². The highest BCUT2D eigenvalue weighted by Gasteiger charge is 2.08. The van der Waals surface area contributed by atoms with Crippen LogP contribution in [0.2, 0.25) is 0 Å². The van der Waals surface area contributed by atoms with E-state index in [2.05, 4.69) is 50.6 Å². The lowest BCUT2D eigenvalue weighted by Gasteiger charge is -2.08. The van der Waals surface area contributed by atoms with Crippen LogP contribution in [0.25, 0.3) is 21.9 Å². The summed E-state index contributed by atoms with van der Waals surface area (Å²) in [4.78, 5) is 23.5. The van der Waals surface area contributed by atoms with Gasteiger partial charge in [0, 0.05) is 12.7 Å². The summed E-state index contributed by atoms with van der Waals surface area (Å²) in [7, 11) is 0. The van der Waals surface area contributed by atoms with Crippen LogP contribution in [0.1, 0.15) is 15.9 Å². The predicted octanol–water partition coefficient (Wildman–Crippen LogP) is 3.08. The highest BCUT2D eigenvalue weighted by Crippen LogP contribution is 2.18. The number of carbonyl (C=O) groups is 1. The summed E-state index contributed by atoms with van der Waals surface area (Å²) >= 11 is 0. The zero-order chi connectivity index (χ0) is 16.4. The largest absolute Gasteiger partial charge is 0.352 e. The lowest BCUT2D eigenvalue weighted by Crippen LogP contribution is -2.25. The number of hydrogen-bond donors (Lipinski definition) is 2. The van der Waals surface area contributed by atoms with Gasteiger partial charge in [-0.05, 0) is 28.8 Å². The quantitative estimate of drug-likeness (QED) is 0.608. The molecule has 2 heterocycles. The SMILES string of the molecule is O=C(NCCc1cccc2ccccc12)c1cnc2nc[nH]c2c1. The topological polar surface area (TPSA) is 70.7 Å². The van der Waals surface area contributed by atoms with Crippen molar-refractivity contribution < 1.29 is 4.79 Å². The maximum absolute atomic E-state index is 12.3. The van der Waals surface area contributed by atoms with Gasteiger partial charge in [-0.3, -0.25) is 4.79 Å². The maximum atomic E-state index is 12.3. The van der Waals surface area contributed by atoms with Gasteiger partial charge < -0.3 is 10.3 Å². The van der Waals surface area contributed by atoms with Crippen LogP contribution in [-0.2, 0) is 6.42 Å². The van der Waals surface area contributed by atoms with Crippen LogP contribution in [0.15, 0.2) is 61.1 Å². The summed E-state index contributed by atoms with van der Waals surface area (Å²) < 4.78 is 0. The number of H-pyrrole nitrogens is 1. The van der Waals surface area contributed by atoms with Gasteiger partial charge in [-0.25, -0.2) is 9.97 Å². The van der Waals surface area contributed by atoms with E-state index in [0.29, 0.717) is 17.8 Å². The summed E-state index contributed by atoms with van der Waals surface area (Å²) in [5.41, 5.74) is 3.14. The summed E-state index contributed by atoms with van der Waals surface area (Å²) in [6.45, 7) is 0.577. The first kappa shape index (κ1) is 14.4. The van der Waals surface area contributed by atoms with E-state index >= 15 is 0 Å². The van der Waals surface area contributed by atoms with Gasteiger partial charge in [0.25, 0.3) is 5.91 Å². The lowest BCUT2D eigenvalue weighted by molar-refractivity contribution is 0.0954. The first-order chi connectivity index (χ1) is 11.8. The van der Waals surface area contributed by atoms with Crippen molar-refractivity contribution in [3.63, 3.8) is 0 Å². The van der Waals surface area contributed by atoms with Gasteiger partial charge in [0.15, 0.2) is 5.65 Å². The van der Waals surface area contributed by atoms with Crippen LogP contribution in [-0.4, -0.2) is 27.4 Å². The lowest BCUT2D eigenvalue weighted by atomic mass is 10.0. The maximum Gasteiger partial charge on any atom is 0.252 e. The van der Waals surface area contributed by atoms with Crippen molar-refractivity contribution in [2.45, 2.75) is 6.42 Å². The summed E-state index contributed by atoms with van der Waals surface area (Å²) in [5, 5.41) is 5.40. The molecule has 2 aromatic carbocycles. The van der Waals surface area contributed by atoms with E-state index in [1.54, 1.807) is 18.6 Å². The standard InChI is InChI=1S/C19H16N4O/c24-19(15-10-17-18(21-11-15)23-12-22-17)20-9-8-14-6-3-5-13-4-1-2-7-16(13)14/h1-7,10-12H,8-9H2,(H,20,24)(H,21,22,23). The molecule has 0 bridgehead atoms. The van der Waals surface area contributed by atoms with Crippen molar-refractivity contribution in [1.29, 1.82) is 0 Å². The second kappa shape index (κ2) is 6.12. The molecule has 0 aliphatic rings. The van der Waals surface area contributed by atoms with Crippen LogP contribution in [0, 0.1) is 0 Å². The highest BCUT2D eigenvalue weighted by molar-refractivity contribution is 5.96. The molecule has 0 saturated heterocycles. The Balaban J connectivity index is 1.45. The Morgan fingerprint density at radius 2 is 1.96 bits per heavy atom. The summed E-state index contributed by atoms with van der Waals surface area (Å²) in [6.07, 6.45) is 3.91. The Morgan fingerprint density at radius 3 is 2.92 bits per heavy atom. The smallest absolute Gasteiger partial charge is 0.252 e. The van der Waals surface area contributed by atoms with Gasteiger partial charge in [0.05, 0.1) is 17.4 Å². The highest BCUT2D eigenvalue weighted by atomic mass is 16.1. The minimum atomic E-state index is -0.126. The Hall–Kier alpha value is -3.21. The third kappa shape index (κ3) is 2.72. The van der Waals surface area contributed by atoms with Crippen LogP contribution >= 0.6 is 0 Å². The molecule has 2 N–H and O–H groups in total. The van der Waals surface area contributed by atoms with Gasteiger partial charge in [-0.15, -0.1) is 0 Å². The number of amides is 1. The number of pyridine rings is 1. The number of aromatic amines is 1. The van der Waals surface area contributed by atoms with Crippen molar-refractivity contribution >= 4 is 27.8 Å². The molecule has 0 atom stereocenters. The van der Waals surface area contributed by atoms with E-state index in [0.717, 1.165) is 11.9 Å². The summed E-state index contributed by atoms with van der Waals surface area (Å²) in [6, 6.07) is 16.3. The van der Waals surface area contributed by atoms with E-state index in [1.807, 2.05) is 12.1 Å². The molecule has 5 nitrogen and oxygen atoms in total. The molecule has 24 heavy (non-hydrogen) atoms. The first-order valence-corrected chi connectivity index (χ1v) is 7.85. The second-order valence-corrected chi connectivity index (χ2v) is 5.64. The van der Waals surface area contributed by atoms with Gasteiger partial charge in [-0.2, -0.15) is 0 Å². The molecule has 0 fully saturated rings. The molecule has 0 radical (unpaired) electrons. The number of carbonyl (C=O) groups excluding carboxylic acids is 1. The van der Waals surface area contributed by atoms with Crippen molar-refractivity contribution in [2.24, 2.45) is 0 Å². The number of nitrogens with one attached hydrogen (secondary N) is 2. The molecule has 0 aliphatic carbocycles. The van der Waals surface area contributed by atoms with Crippen LogP contribution in [0.4, 0.5) is 0 Å². The first-order valence-electron chi connectivity index (χ1n) is 7.85. The summed E-state index contributed by atoms with van der Waals surface area (Å²) in [5.74, 6) is -0.126. The molecule has 5 heteroatoms. The van der Waals surface area contributed by atoms with Crippen LogP contribution in [0.5, 0.6) is 0 Å². The zero-order valence-corrected chi connectivity index (χ0v) is 13.0. The molecule has 4 rings (SSSR count). The third-order valence-corrected chi connectivity index (χ3v) is 4.10. The number of fused-ring (bicyclic) bond motifs is 2. The number of aromatic nitrogens is 3. The molecule has 0 spiro atoms. The third-order valence-electron chi connectivity index (χ3n) is 4.10. The molecule has 0 saturated carbocycles. The molecule has 0 aliphatic heterocycles. The molecular weight excluding hydrogens is 300 g/mol. The Kier molecular flexibility index (Phi) is 3.67. The predicted molar refractivity (Wildman–Crippen MR) is 93.9 cm³/mol. The van der Waals surface area contributed by atoms with E-state index in [-0.39, 0.29) is 5.91 Å². The number of nitrogens with zero attached hydrogens (tertiary/aromatic N) is 2. The van der Waals surface area contributed by atoms with Crippen molar-refractivity contribution in [3.8, 4) is 0 Å². The second-order valence-electron chi connectivity index (χ2n) is 5.64. The van der Waals surface area contributed by atoms with Crippen molar-refractivity contribution in [2.75, 3.05) is 6.54 Å². The van der Waals surface area contributed by atoms with Crippen molar-refractivity contribution in [1.82, 2.24) is 20.3 Å². The van der Waals surface area contributed by atoms with Gasteiger partial charge in [0.1, 0.15) is 0 Å². The monoisotopic (exact) mass is 316 g/mol. The number of benzene rings is 2. The number of imidazole rings is 1. The zero-order valence-electron chi connectivity index (χ0n) is 13.0. The fourth-order valence-corrected chi connectivity index (χ4v) is 2.88. The molecule has 1 amide bonds. The van der Waals surface area contributed by atoms with E-state index in [1.165, 1.54) is 16.3 Å². The minimum absolute atomic E-state index is 0.126. The number of rotatable bonds is 4. The fourth-order valence-electron chi connectivity index (χ4n) is 2.88. The average molecular weight is 316 g/mol. The molecule has 4 aromatic rings. The van der Waals surface area contributed by atoms with Crippen LogP contribution < -0.4 is 5.32 Å². The van der Waals surface area contributed by atoms with Gasteiger partial charge in [0.2, 0.25) is 0 Å². The Labute approximate surface area is 138 Å². The Morgan fingerprint density at radius 1 is 1.08 bits per heavy atom. The minimum Gasteiger partial charge on any atom is -0.352 e. The molecular formula is C19H16N4O. The van der Waals surface area contributed by atoms with Gasteiger partial charge in [-0.1, -0.05) is 42.5 Å². The average Bonchev–Trinajstić information content (AvgIpc) is 3.09. The van der Waals surface area contributed by atoms with E-state index in [9.17, 15) is 4.79 Å². The molecule has 118 valence electrons. The normalized spacial score (nSPS) is 11.0. The van der Waals surface area contributed by atoms with Crippen molar-refractivity contribution in [3.05, 3.63) is 72.2 Å². The molecule has 0 unspecified atom stereocenters. The molecule has 2 aromatic heterocycles. The fraction of sp³-hybridized carbons (Fsp3) is 0.105. The Bertz CT molecular complexity index is 1020. The number of hydrogen-bond acceptors (Lipinski definition) is 3. The van der Waals surface area contributed by atoms with Crippen LogP contribution in [0.3, 0.4) is 0 Å².